The van der Waals surface area contributed by atoms with E-state index in [0.29, 0.717) is 17.2 Å². The lowest BCUT2D eigenvalue weighted by molar-refractivity contribution is 0.181. The minimum atomic E-state index is -3.63. The fourth-order valence-corrected chi connectivity index (χ4v) is 3.85. The zero-order valence-electron chi connectivity index (χ0n) is 15.7. The predicted molar refractivity (Wildman–Crippen MR) is 97.9 cm³/mol. The van der Waals surface area contributed by atoms with Crippen molar-refractivity contribution in [3.05, 3.63) is 46.3 Å². The maximum absolute atomic E-state index is 12.8. The molecule has 25 heavy (non-hydrogen) atoms. The molecule has 0 fully saturated rings. The van der Waals surface area contributed by atoms with Crippen LogP contribution < -0.4 is 4.72 Å². The average molecular weight is 365 g/mol. The van der Waals surface area contributed by atoms with E-state index < -0.39 is 10.0 Å². The Morgan fingerprint density at radius 1 is 1.20 bits per heavy atom. The van der Waals surface area contributed by atoms with Crippen LogP contribution in [0.4, 0.5) is 0 Å². The molecule has 0 atom stereocenters. The SMILES string of the molecule is COCc1cc(CNS(=O)(=O)c2cc(C(C)(C)C)cc(C)c2C)n[nH]1. The second kappa shape index (κ2) is 7.27. The van der Waals surface area contributed by atoms with Crippen molar-refractivity contribution in [2.75, 3.05) is 7.11 Å². The first-order valence-corrected chi connectivity index (χ1v) is 9.66. The number of hydrogen-bond donors (Lipinski definition) is 2. The summed E-state index contributed by atoms with van der Waals surface area (Å²) in [5, 5.41) is 6.92. The van der Waals surface area contributed by atoms with E-state index in [-0.39, 0.29) is 12.0 Å². The minimum absolute atomic E-state index is 0.125. The van der Waals surface area contributed by atoms with Crippen LogP contribution in [0.25, 0.3) is 0 Å². The number of aryl methyl sites for hydroxylation is 1. The van der Waals surface area contributed by atoms with Crippen molar-refractivity contribution in [3.63, 3.8) is 0 Å². The second-order valence-corrected chi connectivity index (χ2v) is 9.04. The number of nitrogens with one attached hydrogen (secondary N) is 2. The third-order valence-corrected chi connectivity index (χ3v) is 5.73. The van der Waals surface area contributed by atoms with Gasteiger partial charge in [-0.1, -0.05) is 26.8 Å². The summed E-state index contributed by atoms with van der Waals surface area (Å²) in [5.41, 5.74) is 4.03. The van der Waals surface area contributed by atoms with Crippen LogP contribution in [-0.2, 0) is 33.3 Å². The highest BCUT2D eigenvalue weighted by molar-refractivity contribution is 7.89. The number of nitrogens with zero attached hydrogens (tertiary/aromatic N) is 1. The highest BCUT2D eigenvalue weighted by atomic mass is 32.2. The molecule has 6 nitrogen and oxygen atoms in total. The molecule has 0 saturated carbocycles. The summed E-state index contributed by atoms with van der Waals surface area (Å²) in [4.78, 5) is 0.324. The Bertz CT molecular complexity index is 849. The van der Waals surface area contributed by atoms with Crippen molar-refractivity contribution in [1.29, 1.82) is 0 Å². The van der Waals surface area contributed by atoms with Crippen LogP contribution in [0.3, 0.4) is 0 Å². The Morgan fingerprint density at radius 3 is 2.48 bits per heavy atom. The number of H-pyrrole nitrogens is 1. The van der Waals surface area contributed by atoms with Crippen LogP contribution in [0.1, 0.15) is 48.8 Å². The molecule has 0 saturated heterocycles. The summed E-state index contributed by atoms with van der Waals surface area (Å²) >= 11 is 0. The van der Waals surface area contributed by atoms with Gasteiger partial charge in [0.15, 0.2) is 0 Å². The maximum Gasteiger partial charge on any atom is 0.241 e. The number of ether oxygens (including phenoxy) is 1. The molecule has 0 unspecified atom stereocenters. The van der Waals surface area contributed by atoms with E-state index >= 15 is 0 Å². The summed E-state index contributed by atoms with van der Waals surface area (Å²) in [7, 11) is -2.04. The zero-order chi connectivity index (χ0) is 18.8. The van der Waals surface area contributed by atoms with Gasteiger partial charge in [0.2, 0.25) is 10.0 Å². The first-order valence-electron chi connectivity index (χ1n) is 8.18. The summed E-state index contributed by atoms with van der Waals surface area (Å²) < 4.78 is 33.3. The number of sulfonamides is 1. The van der Waals surface area contributed by atoms with E-state index in [2.05, 4.69) is 41.8 Å². The molecule has 0 spiro atoms. The Labute approximate surface area is 150 Å². The van der Waals surface area contributed by atoms with Crippen molar-refractivity contribution in [2.45, 2.75) is 58.1 Å². The van der Waals surface area contributed by atoms with E-state index in [9.17, 15) is 8.42 Å². The second-order valence-electron chi connectivity index (χ2n) is 7.31. The van der Waals surface area contributed by atoms with Gasteiger partial charge in [0.25, 0.3) is 0 Å². The molecule has 0 aliphatic rings. The Hall–Kier alpha value is -1.70. The van der Waals surface area contributed by atoms with Crippen molar-refractivity contribution < 1.29 is 13.2 Å². The Balaban J connectivity index is 2.27. The Morgan fingerprint density at radius 2 is 1.88 bits per heavy atom. The Kier molecular flexibility index (Phi) is 5.71. The van der Waals surface area contributed by atoms with E-state index in [4.69, 9.17) is 4.74 Å². The molecule has 138 valence electrons. The van der Waals surface area contributed by atoms with Crippen LogP contribution in [0.5, 0.6) is 0 Å². The predicted octanol–water partition coefficient (Wildman–Crippen LogP) is 2.95. The molecular weight excluding hydrogens is 338 g/mol. The monoisotopic (exact) mass is 365 g/mol. The number of aromatic nitrogens is 2. The number of benzene rings is 1. The summed E-state index contributed by atoms with van der Waals surface area (Å²) in [6.07, 6.45) is 0. The van der Waals surface area contributed by atoms with Gasteiger partial charge in [-0.2, -0.15) is 5.10 Å². The number of hydrogen-bond acceptors (Lipinski definition) is 4. The molecule has 2 aromatic rings. The topological polar surface area (TPSA) is 84.1 Å². The molecule has 1 heterocycles. The molecule has 1 aromatic heterocycles. The normalized spacial score (nSPS) is 12.6. The van der Waals surface area contributed by atoms with Gasteiger partial charge in [0, 0.05) is 7.11 Å². The van der Waals surface area contributed by atoms with Gasteiger partial charge in [-0.05, 0) is 48.1 Å². The van der Waals surface area contributed by atoms with E-state index in [1.165, 1.54) is 0 Å². The third-order valence-electron chi connectivity index (χ3n) is 4.20. The molecule has 0 aliphatic heterocycles. The average Bonchev–Trinajstić information content (AvgIpc) is 2.95. The quantitative estimate of drug-likeness (QED) is 0.824. The summed E-state index contributed by atoms with van der Waals surface area (Å²) in [6, 6.07) is 5.61. The van der Waals surface area contributed by atoms with Crippen molar-refractivity contribution in [2.24, 2.45) is 0 Å². The van der Waals surface area contributed by atoms with Gasteiger partial charge in [-0.15, -0.1) is 0 Å². The lowest BCUT2D eigenvalue weighted by atomic mass is 9.85. The van der Waals surface area contributed by atoms with Crippen LogP contribution in [0, 0.1) is 13.8 Å². The molecule has 0 amide bonds. The number of methoxy groups -OCH3 is 1. The third kappa shape index (κ3) is 4.68. The number of rotatable bonds is 6. The van der Waals surface area contributed by atoms with E-state index in [1.54, 1.807) is 19.2 Å². The van der Waals surface area contributed by atoms with Crippen LogP contribution in [0.2, 0.25) is 0 Å². The van der Waals surface area contributed by atoms with Crippen molar-refractivity contribution in [1.82, 2.24) is 14.9 Å². The minimum Gasteiger partial charge on any atom is -0.378 e. The highest BCUT2D eigenvalue weighted by Crippen LogP contribution is 2.29. The van der Waals surface area contributed by atoms with Gasteiger partial charge in [-0.3, -0.25) is 5.10 Å². The summed E-state index contributed by atoms with van der Waals surface area (Å²) in [5.74, 6) is 0. The van der Waals surface area contributed by atoms with Gasteiger partial charge in [-0.25, -0.2) is 13.1 Å². The van der Waals surface area contributed by atoms with E-state index in [0.717, 1.165) is 22.4 Å². The smallest absolute Gasteiger partial charge is 0.241 e. The zero-order valence-corrected chi connectivity index (χ0v) is 16.5. The molecule has 0 bridgehead atoms. The molecule has 2 N–H and O–H groups in total. The van der Waals surface area contributed by atoms with Crippen molar-refractivity contribution in [3.8, 4) is 0 Å². The molecule has 0 aliphatic carbocycles. The van der Waals surface area contributed by atoms with Crippen LogP contribution in [0.15, 0.2) is 23.1 Å². The first kappa shape index (κ1) is 19.6. The number of aromatic amines is 1. The van der Waals surface area contributed by atoms with Gasteiger partial charge < -0.3 is 4.74 Å². The molecule has 0 radical (unpaired) electrons. The van der Waals surface area contributed by atoms with Gasteiger partial charge >= 0.3 is 0 Å². The highest BCUT2D eigenvalue weighted by Gasteiger charge is 2.23. The van der Waals surface area contributed by atoms with Crippen LogP contribution >= 0.6 is 0 Å². The molecule has 7 heteroatoms. The lowest BCUT2D eigenvalue weighted by Crippen LogP contribution is -2.25. The summed E-state index contributed by atoms with van der Waals surface area (Å²) in [6.45, 7) is 10.5. The van der Waals surface area contributed by atoms with Gasteiger partial charge in [0.1, 0.15) is 0 Å². The standard InChI is InChI=1S/C18H27N3O3S/c1-12-7-14(18(3,4)5)8-17(13(12)2)25(22,23)19-10-15-9-16(11-24-6)21-20-15/h7-9,19H,10-11H2,1-6H3,(H,20,21). The first-order chi connectivity index (χ1) is 11.5. The van der Waals surface area contributed by atoms with E-state index in [1.807, 2.05) is 13.8 Å². The fraction of sp³-hybridized carbons (Fsp3) is 0.500. The largest absolute Gasteiger partial charge is 0.378 e. The van der Waals surface area contributed by atoms with Crippen molar-refractivity contribution >= 4 is 10.0 Å². The fourth-order valence-electron chi connectivity index (χ4n) is 2.52. The van der Waals surface area contributed by atoms with Gasteiger partial charge in [0.05, 0.1) is 29.4 Å². The molecule has 1 aromatic carbocycles. The lowest BCUT2D eigenvalue weighted by Gasteiger charge is -2.22. The molecular formula is C18H27N3O3S. The molecule has 2 rings (SSSR count). The van der Waals surface area contributed by atoms with Crippen LogP contribution in [-0.4, -0.2) is 25.7 Å². The maximum atomic E-state index is 12.8.